The molecular weight excluding hydrogens is 366 g/mol. The van der Waals surface area contributed by atoms with Gasteiger partial charge in [0.2, 0.25) is 5.91 Å². The molecule has 1 atom stereocenters. The quantitative estimate of drug-likeness (QED) is 0.810. The van der Waals surface area contributed by atoms with Crippen molar-refractivity contribution in [3.05, 3.63) is 29.3 Å². The summed E-state index contributed by atoms with van der Waals surface area (Å²) in [5.41, 5.74) is 7.25. The Labute approximate surface area is 158 Å². The molecule has 0 radical (unpaired) electrons. The second-order valence-corrected chi connectivity index (χ2v) is 6.75. The molecule has 3 N–H and O–H groups in total. The Bertz CT molecular complexity index is 624. The number of fused-ring (bicyclic) bond motifs is 1. The van der Waals surface area contributed by atoms with Crippen molar-refractivity contribution >= 4 is 18.3 Å². The first-order valence-electron chi connectivity index (χ1n) is 8.70. The Morgan fingerprint density at radius 3 is 2.77 bits per heavy atom. The molecule has 146 valence electrons. The van der Waals surface area contributed by atoms with Crippen molar-refractivity contribution in [2.75, 3.05) is 19.8 Å². The van der Waals surface area contributed by atoms with Gasteiger partial charge in [-0.3, -0.25) is 4.79 Å². The average molecular weight is 391 g/mol. The van der Waals surface area contributed by atoms with E-state index in [2.05, 4.69) is 10.1 Å². The van der Waals surface area contributed by atoms with Gasteiger partial charge in [0.1, 0.15) is 5.75 Å². The van der Waals surface area contributed by atoms with E-state index in [-0.39, 0.29) is 30.1 Å². The SMILES string of the molecule is Cl.NCC1(C(=O)NC2CCCc3cc(OC(F)F)ccc32)CCOCC1. The minimum absolute atomic E-state index is 0. The predicted molar refractivity (Wildman–Crippen MR) is 95.7 cm³/mol. The maximum atomic E-state index is 12.9. The lowest BCUT2D eigenvalue weighted by atomic mass is 9.78. The Morgan fingerprint density at radius 2 is 2.12 bits per heavy atom. The number of benzene rings is 1. The zero-order valence-electron chi connectivity index (χ0n) is 14.5. The van der Waals surface area contributed by atoms with E-state index in [4.69, 9.17) is 10.5 Å². The number of aryl methyl sites for hydroxylation is 1. The lowest BCUT2D eigenvalue weighted by Crippen LogP contribution is -2.50. The number of nitrogens with two attached hydrogens (primary N) is 1. The van der Waals surface area contributed by atoms with Crippen LogP contribution < -0.4 is 15.8 Å². The van der Waals surface area contributed by atoms with Crippen LogP contribution in [0.3, 0.4) is 0 Å². The molecule has 2 aliphatic rings. The van der Waals surface area contributed by atoms with E-state index in [1.165, 1.54) is 6.07 Å². The van der Waals surface area contributed by atoms with Crippen molar-refractivity contribution in [1.82, 2.24) is 5.32 Å². The predicted octanol–water partition coefficient (Wildman–Crippen LogP) is 2.96. The number of amides is 1. The molecule has 1 aliphatic carbocycles. The third-order valence-corrected chi connectivity index (χ3v) is 5.28. The molecule has 0 bridgehead atoms. The summed E-state index contributed by atoms with van der Waals surface area (Å²) in [5.74, 6) is 0.118. The van der Waals surface area contributed by atoms with Gasteiger partial charge >= 0.3 is 6.61 Å². The topological polar surface area (TPSA) is 73.6 Å². The fourth-order valence-electron chi connectivity index (χ4n) is 3.71. The van der Waals surface area contributed by atoms with Crippen LogP contribution in [-0.4, -0.2) is 32.3 Å². The van der Waals surface area contributed by atoms with Gasteiger partial charge in [-0.2, -0.15) is 8.78 Å². The van der Waals surface area contributed by atoms with Crippen LogP contribution in [0.2, 0.25) is 0 Å². The zero-order chi connectivity index (χ0) is 17.9. The van der Waals surface area contributed by atoms with Crippen molar-refractivity contribution < 1.29 is 23.0 Å². The van der Waals surface area contributed by atoms with Gasteiger partial charge in [-0.1, -0.05) is 6.07 Å². The second kappa shape index (κ2) is 8.97. The van der Waals surface area contributed by atoms with Crippen molar-refractivity contribution in [3.8, 4) is 5.75 Å². The number of nitrogens with one attached hydrogen (secondary N) is 1. The highest BCUT2D eigenvalue weighted by molar-refractivity contribution is 5.85. The van der Waals surface area contributed by atoms with Crippen LogP contribution in [0, 0.1) is 5.41 Å². The summed E-state index contributed by atoms with van der Waals surface area (Å²) >= 11 is 0. The lowest BCUT2D eigenvalue weighted by Gasteiger charge is -2.37. The summed E-state index contributed by atoms with van der Waals surface area (Å²) in [6.45, 7) is -1.46. The fraction of sp³-hybridized carbons (Fsp3) is 0.611. The molecule has 0 spiro atoms. The van der Waals surface area contributed by atoms with Gasteiger partial charge < -0.3 is 20.5 Å². The summed E-state index contributed by atoms with van der Waals surface area (Å²) < 4.78 is 34.6. The van der Waals surface area contributed by atoms with E-state index < -0.39 is 12.0 Å². The van der Waals surface area contributed by atoms with E-state index >= 15 is 0 Å². The third-order valence-electron chi connectivity index (χ3n) is 5.28. The van der Waals surface area contributed by atoms with Crippen molar-refractivity contribution in [1.29, 1.82) is 0 Å². The number of hydrogen-bond donors (Lipinski definition) is 2. The molecular formula is C18H25ClF2N2O3. The second-order valence-electron chi connectivity index (χ2n) is 6.75. The molecule has 1 aromatic rings. The molecule has 1 aliphatic heterocycles. The minimum atomic E-state index is -2.84. The maximum Gasteiger partial charge on any atom is 0.387 e. The highest BCUT2D eigenvalue weighted by Gasteiger charge is 2.40. The molecule has 8 heteroatoms. The molecule has 1 amide bonds. The molecule has 1 unspecified atom stereocenters. The highest BCUT2D eigenvalue weighted by Crippen LogP contribution is 2.35. The Kier molecular flexibility index (Phi) is 7.20. The summed E-state index contributed by atoms with van der Waals surface area (Å²) in [5, 5.41) is 3.13. The van der Waals surface area contributed by atoms with Crippen LogP contribution in [0.5, 0.6) is 5.75 Å². The lowest BCUT2D eigenvalue weighted by molar-refractivity contribution is -0.136. The maximum absolute atomic E-state index is 12.9. The molecule has 5 nitrogen and oxygen atoms in total. The number of alkyl halides is 2. The molecule has 1 saturated heterocycles. The van der Waals surface area contributed by atoms with Gasteiger partial charge in [0.25, 0.3) is 0 Å². The summed E-state index contributed by atoms with van der Waals surface area (Å²) in [6.07, 6.45) is 3.74. The molecule has 1 aromatic carbocycles. The Morgan fingerprint density at radius 1 is 1.38 bits per heavy atom. The first kappa shape index (κ1) is 20.9. The van der Waals surface area contributed by atoms with Gasteiger partial charge in [0.15, 0.2) is 0 Å². The van der Waals surface area contributed by atoms with Crippen LogP contribution in [0.15, 0.2) is 18.2 Å². The largest absolute Gasteiger partial charge is 0.435 e. The van der Waals surface area contributed by atoms with Gasteiger partial charge in [-0.05, 0) is 55.4 Å². The van der Waals surface area contributed by atoms with E-state index in [0.717, 1.165) is 30.4 Å². The Balaban J connectivity index is 0.00000243. The van der Waals surface area contributed by atoms with Crippen molar-refractivity contribution in [2.24, 2.45) is 11.1 Å². The summed E-state index contributed by atoms with van der Waals surface area (Å²) in [7, 11) is 0. The molecule has 0 saturated carbocycles. The zero-order valence-corrected chi connectivity index (χ0v) is 15.3. The van der Waals surface area contributed by atoms with E-state index in [9.17, 15) is 13.6 Å². The van der Waals surface area contributed by atoms with E-state index in [1.807, 2.05) is 0 Å². The number of carbonyl (C=O) groups excluding carboxylic acids is 1. The van der Waals surface area contributed by atoms with E-state index in [1.54, 1.807) is 12.1 Å². The first-order chi connectivity index (χ1) is 12.0. The fourth-order valence-corrected chi connectivity index (χ4v) is 3.71. The standard InChI is InChI=1S/C18H24F2N2O3.ClH/c19-17(20)25-13-4-5-14-12(10-13)2-1-3-15(14)22-16(23)18(11-21)6-8-24-9-7-18;/h4-5,10,15,17H,1-3,6-9,11,21H2,(H,22,23);1H. The van der Waals surface area contributed by atoms with Crippen LogP contribution in [0.1, 0.15) is 42.9 Å². The number of hydrogen-bond acceptors (Lipinski definition) is 4. The van der Waals surface area contributed by atoms with Gasteiger partial charge in [-0.15, -0.1) is 12.4 Å². The molecule has 3 rings (SSSR count). The van der Waals surface area contributed by atoms with E-state index in [0.29, 0.717) is 32.6 Å². The minimum Gasteiger partial charge on any atom is -0.435 e. The van der Waals surface area contributed by atoms with Crippen LogP contribution in [0.25, 0.3) is 0 Å². The Hall–Kier alpha value is -1.44. The molecule has 26 heavy (non-hydrogen) atoms. The number of ether oxygens (including phenoxy) is 2. The average Bonchev–Trinajstić information content (AvgIpc) is 2.61. The van der Waals surface area contributed by atoms with Crippen LogP contribution >= 0.6 is 12.4 Å². The van der Waals surface area contributed by atoms with Crippen LogP contribution in [0.4, 0.5) is 8.78 Å². The molecule has 0 aromatic heterocycles. The highest BCUT2D eigenvalue weighted by atomic mass is 35.5. The van der Waals surface area contributed by atoms with Crippen LogP contribution in [-0.2, 0) is 16.0 Å². The smallest absolute Gasteiger partial charge is 0.387 e. The number of halogens is 3. The number of carbonyl (C=O) groups is 1. The third kappa shape index (κ3) is 4.45. The first-order valence-corrected chi connectivity index (χ1v) is 8.70. The van der Waals surface area contributed by atoms with Crippen molar-refractivity contribution in [3.63, 3.8) is 0 Å². The summed E-state index contributed by atoms with van der Waals surface area (Å²) in [4.78, 5) is 12.9. The van der Waals surface area contributed by atoms with Crippen molar-refractivity contribution in [2.45, 2.75) is 44.8 Å². The number of rotatable bonds is 5. The van der Waals surface area contributed by atoms with Gasteiger partial charge in [0, 0.05) is 19.8 Å². The van der Waals surface area contributed by atoms with Gasteiger partial charge in [0.05, 0.1) is 11.5 Å². The monoisotopic (exact) mass is 390 g/mol. The normalized spacial score (nSPS) is 21.5. The summed E-state index contributed by atoms with van der Waals surface area (Å²) in [6, 6.07) is 4.83. The molecule has 1 heterocycles. The molecule has 1 fully saturated rings. The van der Waals surface area contributed by atoms with Gasteiger partial charge in [-0.25, -0.2) is 0 Å².